The number of methoxy groups -OCH3 is 2. The van der Waals surface area contributed by atoms with Crippen LogP contribution in [0.3, 0.4) is 0 Å². The topological polar surface area (TPSA) is 94.1 Å². The zero-order chi connectivity index (χ0) is 18.7. The molecule has 0 spiro atoms. The van der Waals surface area contributed by atoms with Crippen LogP contribution in [0.1, 0.15) is 11.1 Å². The van der Waals surface area contributed by atoms with Gasteiger partial charge in [0.2, 0.25) is 0 Å². The molecule has 2 aromatic carbocycles. The molecule has 134 valence electrons. The molecule has 2 aromatic rings. The van der Waals surface area contributed by atoms with E-state index in [0.717, 1.165) is 11.1 Å². The highest BCUT2D eigenvalue weighted by Gasteiger charge is 2.26. The third kappa shape index (κ3) is 3.46. The van der Waals surface area contributed by atoms with Gasteiger partial charge in [0.05, 0.1) is 19.9 Å². The summed E-state index contributed by atoms with van der Waals surface area (Å²) in [5, 5.41) is 11.4. The molecule has 0 saturated heterocycles. The molecule has 0 bridgehead atoms. The number of hydrogen-bond donors (Lipinski definition) is 2. The highest BCUT2D eigenvalue weighted by molar-refractivity contribution is 6.35. The second-order valence-electron chi connectivity index (χ2n) is 5.52. The van der Waals surface area contributed by atoms with Crippen molar-refractivity contribution in [2.75, 3.05) is 26.1 Å². The van der Waals surface area contributed by atoms with Crippen molar-refractivity contribution in [1.29, 1.82) is 0 Å². The fourth-order valence-corrected chi connectivity index (χ4v) is 2.63. The first kappa shape index (κ1) is 17.3. The van der Waals surface area contributed by atoms with Gasteiger partial charge in [0.25, 0.3) is 5.91 Å². The molecule has 7 heteroatoms. The van der Waals surface area contributed by atoms with E-state index in [4.69, 9.17) is 19.3 Å². The van der Waals surface area contributed by atoms with Gasteiger partial charge < -0.3 is 24.6 Å². The van der Waals surface area contributed by atoms with Crippen molar-refractivity contribution in [2.45, 2.75) is 0 Å². The Kier molecular flexibility index (Phi) is 4.79. The summed E-state index contributed by atoms with van der Waals surface area (Å²) in [6, 6.07) is 10.3. The Balaban J connectivity index is 1.90. The average molecular weight is 355 g/mol. The van der Waals surface area contributed by atoms with E-state index < -0.39 is 12.6 Å². The highest BCUT2D eigenvalue weighted by Crippen LogP contribution is 2.41. The van der Waals surface area contributed by atoms with Crippen LogP contribution < -0.4 is 19.5 Å². The van der Waals surface area contributed by atoms with Crippen LogP contribution in [-0.4, -0.2) is 37.8 Å². The van der Waals surface area contributed by atoms with Gasteiger partial charge in [-0.3, -0.25) is 4.79 Å². The summed E-state index contributed by atoms with van der Waals surface area (Å²) >= 11 is 0. The van der Waals surface area contributed by atoms with Crippen molar-refractivity contribution in [3.63, 3.8) is 0 Å². The SMILES string of the molecule is COc1cc2c(cc1OC)/C(=C/c1ccc(OCC(=O)O)cc1)C(=O)N2. The zero-order valence-corrected chi connectivity index (χ0v) is 14.2. The number of carboxylic acid groups (broad SMARTS) is 1. The normalized spacial score (nSPS) is 13.9. The van der Waals surface area contributed by atoms with Gasteiger partial charge in [0.15, 0.2) is 18.1 Å². The summed E-state index contributed by atoms with van der Waals surface area (Å²) < 4.78 is 15.6. The van der Waals surface area contributed by atoms with Crippen LogP contribution in [0.2, 0.25) is 0 Å². The molecule has 0 aromatic heterocycles. The minimum Gasteiger partial charge on any atom is -0.493 e. The second-order valence-corrected chi connectivity index (χ2v) is 5.52. The van der Waals surface area contributed by atoms with Crippen molar-refractivity contribution in [3.05, 3.63) is 47.5 Å². The molecular formula is C19H17NO6. The van der Waals surface area contributed by atoms with Crippen molar-refractivity contribution in [2.24, 2.45) is 0 Å². The monoisotopic (exact) mass is 355 g/mol. The van der Waals surface area contributed by atoms with Gasteiger partial charge in [-0.2, -0.15) is 0 Å². The minimum absolute atomic E-state index is 0.221. The van der Waals surface area contributed by atoms with E-state index in [2.05, 4.69) is 5.32 Å². The third-order valence-electron chi connectivity index (χ3n) is 3.86. The summed E-state index contributed by atoms with van der Waals surface area (Å²) in [6.07, 6.45) is 1.74. The molecule has 0 aliphatic carbocycles. The molecule has 1 aliphatic heterocycles. The Morgan fingerprint density at radius 2 is 1.77 bits per heavy atom. The summed E-state index contributed by atoms with van der Waals surface area (Å²) in [7, 11) is 3.07. The number of ether oxygens (including phenoxy) is 3. The Hall–Kier alpha value is -3.48. The number of rotatable bonds is 6. The Labute approximate surface area is 149 Å². The number of anilines is 1. The summed E-state index contributed by atoms with van der Waals surface area (Å²) in [5.41, 5.74) is 2.65. The molecule has 1 amide bonds. The largest absolute Gasteiger partial charge is 0.493 e. The maximum atomic E-state index is 12.3. The lowest BCUT2D eigenvalue weighted by Crippen LogP contribution is -2.09. The van der Waals surface area contributed by atoms with E-state index in [0.29, 0.717) is 28.5 Å². The maximum absolute atomic E-state index is 12.3. The first-order valence-electron chi connectivity index (χ1n) is 7.76. The van der Waals surface area contributed by atoms with Crippen LogP contribution in [0.5, 0.6) is 17.2 Å². The van der Waals surface area contributed by atoms with Crippen LogP contribution in [0, 0.1) is 0 Å². The van der Waals surface area contributed by atoms with Crippen LogP contribution >= 0.6 is 0 Å². The molecular weight excluding hydrogens is 338 g/mol. The van der Waals surface area contributed by atoms with E-state index in [1.165, 1.54) is 14.2 Å². The summed E-state index contributed by atoms with van der Waals surface area (Å²) in [5.74, 6) is 0.248. The highest BCUT2D eigenvalue weighted by atomic mass is 16.5. The van der Waals surface area contributed by atoms with E-state index >= 15 is 0 Å². The van der Waals surface area contributed by atoms with Gasteiger partial charge in [-0.25, -0.2) is 4.79 Å². The molecule has 26 heavy (non-hydrogen) atoms. The summed E-state index contributed by atoms with van der Waals surface area (Å²) in [6.45, 7) is -0.405. The quantitative estimate of drug-likeness (QED) is 0.774. The molecule has 3 rings (SSSR count). The molecule has 0 unspecified atom stereocenters. The number of carboxylic acids is 1. The first-order chi connectivity index (χ1) is 12.5. The Morgan fingerprint density at radius 3 is 2.38 bits per heavy atom. The molecule has 0 radical (unpaired) electrons. The molecule has 2 N–H and O–H groups in total. The first-order valence-corrected chi connectivity index (χ1v) is 7.76. The van der Waals surface area contributed by atoms with Crippen molar-refractivity contribution in [1.82, 2.24) is 0 Å². The van der Waals surface area contributed by atoms with Gasteiger partial charge in [-0.05, 0) is 29.8 Å². The number of nitrogens with one attached hydrogen (secondary N) is 1. The fraction of sp³-hybridized carbons (Fsp3) is 0.158. The number of aliphatic carboxylic acids is 1. The predicted octanol–water partition coefficient (Wildman–Crippen LogP) is 2.66. The second kappa shape index (κ2) is 7.18. The fourth-order valence-electron chi connectivity index (χ4n) is 2.63. The number of carbonyl (C=O) groups is 2. The van der Waals surface area contributed by atoms with E-state index in [1.54, 1.807) is 42.5 Å². The number of amides is 1. The van der Waals surface area contributed by atoms with Crippen molar-refractivity contribution in [3.8, 4) is 17.2 Å². The van der Waals surface area contributed by atoms with Gasteiger partial charge in [-0.15, -0.1) is 0 Å². The minimum atomic E-state index is -1.04. The smallest absolute Gasteiger partial charge is 0.341 e. The molecule has 0 fully saturated rings. The molecule has 0 atom stereocenters. The Morgan fingerprint density at radius 1 is 1.12 bits per heavy atom. The number of hydrogen-bond acceptors (Lipinski definition) is 5. The lowest BCUT2D eigenvalue weighted by atomic mass is 10.0. The van der Waals surface area contributed by atoms with Crippen LogP contribution in [0.15, 0.2) is 36.4 Å². The summed E-state index contributed by atoms with van der Waals surface area (Å²) in [4.78, 5) is 22.9. The van der Waals surface area contributed by atoms with Crippen molar-refractivity contribution < 1.29 is 28.9 Å². The van der Waals surface area contributed by atoms with Gasteiger partial charge in [0, 0.05) is 17.2 Å². The Bertz CT molecular complexity index is 886. The predicted molar refractivity (Wildman–Crippen MR) is 95.6 cm³/mol. The van der Waals surface area contributed by atoms with Gasteiger partial charge in [0.1, 0.15) is 5.75 Å². The third-order valence-corrected chi connectivity index (χ3v) is 3.86. The van der Waals surface area contributed by atoms with Gasteiger partial charge in [-0.1, -0.05) is 12.1 Å². The molecule has 0 saturated carbocycles. The van der Waals surface area contributed by atoms with E-state index in [1.807, 2.05) is 0 Å². The van der Waals surface area contributed by atoms with E-state index in [9.17, 15) is 9.59 Å². The van der Waals surface area contributed by atoms with Crippen molar-refractivity contribution >= 4 is 29.2 Å². The molecule has 1 aliphatic rings. The number of benzene rings is 2. The van der Waals surface area contributed by atoms with Crippen LogP contribution in [-0.2, 0) is 9.59 Å². The molecule has 1 heterocycles. The van der Waals surface area contributed by atoms with Crippen LogP contribution in [0.4, 0.5) is 5.69 Å². The average Bonchev–Trinajstić information content (AvgIpc) is 2.94. The number of carbonyl (C=O) groups excluding carboxylic acids is 1. The molecule has 7 nitrogen and oxygen atoms in total. The van der Waals surface area contributed by atoms with Gasteiger partial charge >= 0.3 is 5.97 Å². The lowest BCUT2D eigenvalue weighted by molar-refractivity contribution is -0.139. The standard InChI is InChI=1S/C19H17NO6/c1-24-16-8-13-14(19(23)20-15(13)9-17(16)25-2)7-11-3-5-12(6-4-11)26-10-18(21)22/h3-9H,10H2,1-2H3,(H,20,23)(H,21,22)/b14-7-. The lowest BCUT2D eigenvalue weighted by Gasteiger charge is -2.09. The van der Waals surface area contributed by atoms with Crippen LogP contribution in [0.25, 0.3) is 11.6 Å². The number of fused-ring (bicyclic) bond motifs is 1. The maximum Gasteiger partial charge on any atom is 0.341 e. The zero-order valence-electron chi connectivity index (χ0n) is 14.2. The van der Waals surface area contributed by atoms with E-state index in [-0.39, 0.29) is 5.91 Å².